The lowest BCUT2D eigenvalue weighted by atomic mass is 9.89. The summed E-state index contributed by atoms with van der Waals surface area (Å²) in [6.45, 7) is 8.31. The summed E-state index contributed by atoms with van der Waals surface area (Å²) < 4.78 is 0. The van der Waals surface area contributed by atoms with Crippen LogP contribution in [0.25, 0.3) is 0 Å². The highest BCUT2D eigenvalue weighted by Crippen LogP contribution is 2.20. The predicted octanol–water partition coefficient (Wildman–Crippen LogP) is 1.28. The molecule has 0 aromatic rings. The molecule has 2 N–H and O–H groups in total. The second-order valence-electron chi connectivity index (χ2n) is 6.94. The lowest BCUT2D eigenvalue weighted by Gasteiger charge is -2.37. The van der Waals surface area contributed by atoms with Crippen LogP contribution in [0.2, 0.25) is 0 Å². The van der Waals surface area contributed by atoms with Gasteiger partial charge in [-0.2, -0.15) is 0 Å². The third kappa shape index (κ3) is 3.96. The van der Waals surface area contributed by atoms with Gasteiger partial charge in [-0.3, -0.25) is 9.59 Å². The van der Waals surface area contributed by atoms with E-state index in [2.05, 4.69) is 10.6 Å². The Bertz CT molecular complexity index is 381. The molecular weight excluding hydrogens is 266 g/mol. The maximum atomic E-state index is 12.5. The number of nitrogens with zero attached hydrogens (tertiary/aromatic N) is 1. The van der Waals surface area contributed by atoms with E-state index in [1.807, 2.05) is 25.7 Å². The van der Waals surface area contributed by atoms with E-state index >= 15 is 0 Å². The largest absolute Gasteiger partial charge is 0.352 e. The molecule has 2 aliphatic rings. The number of likely N-dealkylation sites (tertiary alicyclic amines) is 1. The predicted molar refractivity (Wildman–Crippen MR) is 82.8 cm³/mol. The Labute approximate surface area is 127 Å². The molecule has 2 fully saturated rings. The summed E-state index contributed by atoms with van der Waals surface area (Å²) in [6, 6.07) is 0.203. The van der Waals surface area contributed by atoms with E-state index in [1.54, 1.807) is 0 Å². The zero-order chi connectivity index (χ0) is 15.5. The molecule has 2 saturated heterocycles. The molecule has 0 radical (unpaired) electrons. The second kappa shape index (κ2) is 6.77. The van der Waals surface area contributed by atoms with Crippen LogP contribution < -0.4 is 10.6 Å². The van der Waals surface area contributed by atoms with E-state index < -0.39 is 5.54 Å². The number of piperidine rings is 2. The van der Waals surface area contributed by atoms with E-state index in [-0.39, 0.29) is 23.8 Å². The zero-order valence-corrected chi connectivity index (χ0v) is 13.6. The average Bonchev–Trinajstić information content (AvgIpc) is 2.48. The van der Waals surface area contributed by atoms with Crippen molar-refractivity contribution in [3.05, 3.63) is 0 Å². The average molecular weight is 295 g/mol. The van der Waals surface area contributed by atoms with Crippen LogP contribution in [0.1, 0.15) is 52.9 Å². The summed E-state index contributed by atoms with van der Waals surface area (Å²) in [7, 11) is 0. The molecule has 0 spiro atoms. The number of hydrogen-bond donors (Lipinski definition) is 2. The van der Waals surface area contributed by atoms with Gasteiger partial charge >= 0.3 is 0 Å². The van der Waals surface area contributed by atoms with Crippen LogP contribution in [-0.2, 0) is 9.59 Å². The van der Waals surface area contributed by atoms with E-state index in [9.17, 15) is 9.59 Å². The van der Waals surface area contributed by atoms with Crippen LogP contribution in [0.3, 0.4) is 0 Å². The minimum atomic E-state index is -0.414. The van der Waals surface area contributed by atoms with Gasteiger partial charge in [0, 0.05) is 25.0 Å². The first-order valence-electron chi connectivity index (χ1n) is 8.27. The maximum Gasteiger partial charge on any atom is 0.240 e. The van der Waals surface area contributed by atoms with Gasteiger partial charge in [0.25, 0.3) is 0 Å². The molecule has 21 heavy (non-hydrogen) atoms. The van der Waals surface area contributed by atoms with Gasteiger partial charge in [-0.1, -0.05) is 13.8 Å². The van der Waals surface area contributed by atoms with Gasteiger partial charge in [0.15, 0.2) is 0 Å². The van der Waals surface area contributed by atoms with E-state index in [1.165, 1.54) is 0 Å². The zero-order valence-electron chi connectivity index (χ0n) is 13.6. The maximum absolute atomic E-state index is 12.5. The number of amides is 2. The fraction of sp³-hybridized carbons (Fsp3) is 0.875. The van der Waals surface area contributed by atoms with Crippen LogP contribution in [-0.4, -0.2) is 47.9 Å². The van der Waals surface area contributed by atoms with Crippen molar-refractivity contribution in [3.8, 4) is 0 Å². The molecule has 0 saturated carbocycles. The highest BCUT2D eigenvalue weighted by Gasteiger charge is 2.36. The number of rotatable bonds is 3. The van der Waals surface area contributed by atoms with Crippen molar-refractivity contribution in [1.82, 2.24) is 15.5 Å². The van der Waals surface area contributed by atoms with Crippen molar-refractivity contribution in [1.29, 1.82) is 0 Å². The molecule has 5 nitrogen and oxygen atoms in total. The highest BCUT2D eigenvalue weighted by atomic mass is 16.2. The first kappa shape index (κ1) is 16.3. The molecule has 0 bridgehead atoms. The standard InChI is InChI=1S/C16H29N3O2/c1-12(2)14(20)19-10-6-13(7-11-19)18-15(21)16(3)8-4-5-9-17-16/h12-13,17H,4-11H2,1-3H3,(H,18,21). The van der Waals surface area contributed by atoms with Crippen molar-refractivity contribution in [3.63, 3.8) is 0 Å². The van der Waals surface area contributed by atoms with Gasteiger partial charge in [-0.05, 0) is 45.6 Å². The van der Waals surface area contributed by atoms with Gasteiger partial charge in [0.1, 0.15) is 0 Å². The van der Waals surface area contributed by atoms with Crippen molar-refractivity contribution >= 4 is 11.8 Å². The number of nitrogens with one attached hydrogen (secondary N) is 2. The van der Waals surface area contributed by atoms with Crippen molar-refractivity contribution < 1.29 is 9.59 Å². The monoisotopic (exact) mass is 295 g/mol. The smallest absolute Gasteiger partial charge is 0.240 e. The SMILES string of the molecule is CC(C)C(=O)N1CCC(NC(=O)C2(C)CCCCN2)CC1. The topological polar surface area (TPSA) is 61.4 Å². The third-order valence-corrected chi connectivity index (χ3v) is 4.76. The van der Waals surface area contributed by atoms with Gasteiger partial charge in [0.05, 0.1) is 5.54 Å². The first-order chi connectivity index (χ1) is 9.92. The van der Waals surface area contributed by atoms with E-state index in [4.69, 9.17) is 0 Å². The molecule has 0 aliphatic carbocycles. The third-order valence-electron chi connectivity index (χ3n) is 4.76. The normalized spacial score (nSPS) is 27.7. The van der Waals surface area contributed by atoms with Crippen LogP contribution in [0.5, 0.6) is 0 Å². The Balaban J connectivity index is 1.80. The molecule has 2 aliphatic heterocycles. The fourth-order valence-corrected chi connectivity index (χ4v) is 3.20. The van der Waals surface area contributed by atoms with Crippen LogP contribution in [0, 0.1) is 5.92 Å². The number of carbonyl (C=O) groups excluding carboxylic acids is 2. The Morgan fingerprint density at radius 2 is 1.90 bits per heavy atom. The first-order valence-corrected chi connectivity index (χ1v) is 8.27. The summed E-state index contributed by atoms with van der Waals surface area (Å²) in [5.74, 6) is 0.401. The van der Waals surface area contributed by atoms with Gasteiger partial charge in [-0.25, -0.2) is 0 Å². The summed E-state index contributed by atoms with van der Waals surface area (Å²) in [5, 5.41) is 6.53. The molecule has 0 aromatic heterocycles. The molecular formula is C16H29N3O2. The van der Waals surface area contributed by atoms with Crippen LogP contribution >= 0.6 is 0 Å². The molecule has 1 atom stereocenters. The Kier molecular flexibility index (Phi) is 5.25. The Hall–Kier alpha value is -1.10. The van der Waals surface area contributed by atoms with Gasteiger partial charge in [-0.15, -0.1) is 0 Å². The number of hydrogen-bond acceptors (Lipinski definition) is 3. The molecule has 120 valence electrons. The van der Waals surface area contributed by atoms with E-state index in [0.717, 1.165) is 51.7 Å². The Morgan fingerprint density at radius 3 is 2.43 bits per heavy atom. The molecule has 5 heteroatoms. The van der Waals surface area contributed by atoms with Crippen LogP contribution in [0.4, 0.5) is 0 Å². The van der Waals surface area contributed by atoms with E-state index in [0.29, 0.717) is 0 Å². The lowest BCUT2D eigenvalue weighted by molar-refractivity contribution is -0.135. The minimum absolute atomic E-state index is 0.0569. The molecule has 0 aromatic carbocycles. The molecule has 2 heterocycles. The molecule has 2 amide bonds. The fourth-order valence-electron chi connectivity index (χ4n) is 3.20. The quantitative estimate of drug-likeness (QED) is 0.824. The van der Waals surface area contributed by atoms with Crippen molar-refractivity contribution in [2.75, 3.05) is 19.6 Å². The van der Waals surface area contributed by atoms with Crippen LogP contribution in [0.15, 0.2) is 0 Å². The minimum Gasteiger partial charge on any atom is -0.352 e. The summed E-state index contributed by atoms with van der Waals surface area (Å²) in [6.07, 6.45) is 4.89. The molecule has 2 rings (SSSR count). The summed E-state index contributed by atoms with van der Waals surface area (Å²) in [5.41, 5.74) is -0.414. The second-order valence-corrected chi connectivity index (χ2v) is 6.94. The highest BCUT2D eigenvalue weighted by molar-refractivity contribution is 5.86. The number of carbonyl (C=O) groups is 2. The summed E-state index contributed by atoms with van der Waals surface area (Å²) >= 11 is 0. The van der Waals surface area contributed by atoms with Crippen molar-refractivity contribution in [2.45, 2.75) is 64.5 Å². The van der Waals surface area contributed by atoms with Gasteiger partial charge < -0.3 is 15.5 Å². The van der Waals surface area contributed by atoms with Crippen molar-refractivity contribution in [2.24, 2.45) is 5.92 Å². The lowest BCUT2D eigenvalue weighted by Crippen LogP contribution is -2.59. The van der Waals surface area contributed by atoms with Gasteiger partial charge in [0.2, 0.25) is 11.8 Å². The Morgan fingerprint density at radius 1 is 1.24 bits per heavy atom. The molecule has 1 unspecified atom stereocenters. The summed E-state index contributed by atoms with van der Waals surface area (Å²) in [4.78, 5) is 26.3.